The molecule has 2 aromatic heterocycles. The van der Waals surface area contributed by atoms with E-state index in [1.165, 1.54) is 0 Å². The number of rotatable bonds is 9. The van der Waals surface area contributed by atoms with E-state index < -0.39 is 0 Å². The van der Waals surface area contributed by atoms with Crippen LogP contribution in [0.3, 0.4) is 0 Å². The molecule has 6 nitrogen and oxygen atoms in total. The van der Waals surface area contributed by atoms with Gasteiger partial charge in [-0.15, -0.1) is 0 Å². The minimum Gasteiger partial charge on any atom is -0.305 e. The Morgan fingerprint density at radius 1 is 1.17 bits per heavy atom. The number of aromatic nitrogens is 2. The van der Waals surface area contributed by atoms with Crippen LogP contribution in [0.5, 0.6) is 0 Å². The van der Waals surface area contributed by atoms with Crippen LogP contribution < -0.4 is 9.72 Å². The maximum absolute atomic E-state index is 9.84. The second-order valence-corrected chi connectivity index (χ2v) is 7.23. The highest BCUT2D eigenvalue weighted by molar-refractivity contribution is 5.78. The van der Waals surface area contributed by atoms with E-state index in [4.69, 9.17) is 5.26 Å². The van der Waals surface area contributed by atoms with Crippen molar-refractivity contribution in [3.05, 3.63) is 41.0 Å². The summed E-state index contributed by atoms with van der Waals surface area (Å²) in [6.07, 6.45) is 2.08. The molecular weight excluding hydrogens is 360 g/mol. The van der Waals surface area contributed by atoms with Gasteiger partial charge in [-0.3, -0.25) is 4.98 Å². The molecule has 0 saturated carbocycles. The lowest BCUT2D eigenvalue weighted by Gasteiger charge is -2.18. The molecule has 0 bridgehead atoms. The van der Waals surface area contributed by atoms with Crippen molar-refractivity contribution in [3.63, 3.8) is 0 Å². The summed E-state index contributed by atoms with van der Waals surface area (Å²) in [6.45, 7) is 10.4. The Bertz CT molecular complexity index is 1080. The summed E-state index contributed by atoms with van der Waals surface area (Å²) in [4.78, 5) is 5.83. The first-order valence-corrected chi connectivity index (χ1v) is 10.4. The molecule has 2 N–H and O–H groups in total. The Morgan fingerprint density at radius 2 is 1.93 bits per heavy atom. The maximum Gasteiger partial charge on any atom is 0.250 e. The highest BCUT2D eigenvalue weighted by atomic mass is 15.1. The molecule has 3 rings (SSSR count). The van der Waals surface area contributed by atoms with E-state index in [9.17, 15) is 5.26 Å². The SMILES string of the molecule is CCN(CC)CCCNc1c(CCC#N)c(C)c(C#N)c2[nH]c3ccccc3[n+]12. The van der Waals surface area contributed by atoms with Gasteiger partial charge in [-0.1, -0.05) is 26.0 Å². The smallest absolute Gasteiger partial charge is 0.250 e. The van der Waals surface area contributed by atoms with Gasteiger partial charge in [0.1, 0.15) is 22.7 Å². The third-order valence-electron chi connectivity index (χ3n) is 5.63. The minimum atomic E-state index is 0.425. The van der Waals surface area contributed by atoms with Gasteiger partial charge in [0, 0.05) is 18.5 Å². The summed E-state index contributed by atoms with van der Waals surface area (Å²) in [5, 5.41) is 22.6. The molecule has 0 spiro atoms. The van der Waals surface area contributed by atoms with Crippen molar-refractivity contribution in [2.45, 2.75) is 40.0 Å². The Labute approximate surface area is 172 Å². The average Bonchev–Trinajstić information content (AvgIpc) is 3.12. The van der Waals surface area contributed by atoms with Gasteiger partial charge in [-0.2, -0.15) is 14.9 Å². The van der Waals surface area contributed by atoms with Gasteiger partial charge in [-0.05, 0) is 50.6 Å². The largest absolute Gasteiger partial charge is 0.305 e. The van der Waals surface area contributed by atoms with Crippen molar-refractivity contribution in [1.82, 2.24) is 9.88 Å². The van der Waals surface area contributed by atoms with E-state index in [-0.39, 0.29) is 0 Å². The molecule has 2 heterocycles. The number of imidazole rings is 1. The van der Waals surface area contributed by atoms with Crippen LogP contribution in [-0.4, -0.2) is 36.1 Å². The summed E-state index contributed by atoms with van der Waals surface area (Å²) in [5.41, 5.74) is 5.46. The van der Waals surface area contributed by atoms with Gasteiger partial charge < -0.3 is 10.2 Å². The standard InChI is InChI=1S/C23H28N6/c1-4-28(5-2)15-9-14-26-22-18(10-8-13-24)17(3)19(16-25)23-27-20-11-6-7-12-21(20)29(22)23/h6-7,11-12H,4-5,8-10,14-15H2,1-3H3,(H,26,27)/p+1. The number of nitrogens with one attached hydrogen (secondary N) is 2. The van der Waals surface area contributed by atoms with Crippen LogP contribution in [0.15, 0.2) is 24.3 Å². The lowest BCUT2D eigenvalue weighted by atomic mass is 10.0. The van der Waals surface area contributed by atoms with Crippen molar-refractivity contribution >= 4 is 22.5 Å². The van der Waals surface area contributed by atoms with E-state index in [0.717, 1.165) is 66.2 Å². The van der Waals surface area contributed by atoms with Crippen LogP contribution in [0.25, 0.3) is 16.7 Å². The van der Waals surface area contributed by atoms with Gasteiger partial charge in [0.25, 0.3) is 0 Å². The third kappa shape index (κ3) is 4.04. The first kappa shape index (κ1) is 20.6. The van der Waals surface area contributed by atoms with Gasteiger partial charge in [0.15, 0.2) is 0 Å². The van der Waals surface area contributed by atoms with Crippen LogP contribution >= 0.6 is 0 Å². The summed E-state index contributed by atoms with van der Waals surface area (Å²) in [5.74, 6) is 0.990. The van der Waals surface area contributed by atoms with Crippen LogP contribution in [0.1, 0.15) is 43.4 Å². The fourth-order valence-corrected chi connectivity index (χ4v) is 3.98. The van der Waals surface area contributed by atoms with E-state index in [2.05, 4.69) is 51.7 Å². The van der Waals surface area contributed by atoms with Crippen LogP contribution in [0.2, 0.25) is 0 Å². The second-order valence-electron chi connectivity index (χ2n) is 7.23. The second kappa shape index (κ2) is 9.41. The molecule has 0 saturated heterocycles. The quantitative estimate of drug-likeness (QED) is 0.432. The number of hydrogen-bond donors (Lipinski definition) is 2. The number of nitriles is 2. The first-order chi connectivity index (χ1) is 14.2. The van der Waals surface area contributed by atoms with Crippen molar-refractivity contribution in [1.29, 1.82) is 10.5 Å². The molecular formula is C23H29N6+. The first-order valence-electron chi connectivity index (χ1n) is 10.4. The zero-order valence-electron chi connectivity index (χ0n) is 17.5. The summed E-state index contributed by atoms with van der Waals surface area (Å²) in [6, 6.07) is 12.7. The highest BCUT2D eigenvalue weighted by Crippen LogP contribution is 2.26. The van der Waals surface area contributed by atoms with Crippen LogP contribution in [-0.2, 0) is 6.42 Å². The fraction of sp³-hybridized carbons (Fsp3) is 0.435. The van der Waals surface area contributed by atoms with E-state index >= 15 is 0 Å². The number of fused-ring (bicyclic) bond motifs is 3. The summed E-state index contributed by atoms with van der Waals surface area (Å²) < 4.78 is 2.12. The van der Waals surface area contributed by atoms with E-state index in [1.807, 2.05) is 25.1 Å². The molecule has 0 fully saturated rings. The number of hydrogen-bond acceptors (Lipinski definition) is 4. The molecule has 3 aromatic rings. The van der Waals surface area contributed by atoms with Gasteiger partial charge in [0.05, 0.1) is 12.6 Å². The molecule has 0 aliphatic rings. The Hall–Kier alpha value is -3.09. The Morgan fingerprint density at radius 3 is 2.62 bits per heavy atom. The van der Waals surface area contributed by atoms with E-state index in [1.54, 1.807) is 0 Å². The summed E-state index contributed by atoms with van der Waals surface area (Å²) in [7, 11) is 0. The van der Waals surface area contributed by atoms with Gasteiger partial charge >= 0.3 is 0 Å². The zero-order valence-corrected chi connectivity index (χ0v) is 17.5. The molecule has 0 radical (unpaired) electrons. The monoisotopic (exact) mass is 389 g/mol. The molecule has 1 aromatic carbocycles. The number of para-hydroxylation sites is 2. The molecule has 6 heteroatoms. The van der Waals surface area contributed by atoms with Crippen molar-refractivity contribution in [3.8, 4) is 12.1 Å². The highest BCUT2D eigenvalue weighted by Gasteiger charge is 2.25. The predicted molar refractivity (Wildman–Crippen MR) is 116 cm³/mol. The van der Waals surface area contributed by atoms with E-state index in [0.29, 0.717) is 18.4 Å². The topological polar surface area (TPSA) is 82.7 Å². The Kier molecular flexibility index (Phi) is 6.69. The lowest BCUT2D eigenvalue weighted by Crippen LogP contribution is -2.31. The van der Waals surface area contributed by atoms with Crippen molar-refractivity contribution in [2.24, 2.45) is 0 Å². The number of benzene rings is 1. The number of H-pyrrole nitrogens is 1. The fourth-order valence-electron chi connectivity index (χ4n) is 3.98. The molecule has 0 atom stereocenters. The van der Waals surface area contributed by atoms with Crippen molar-refractivity contribution in [2.75, 3.05) is 31.5 Å². The lowest BCUT2D eigenvalue weighted by molar-refractivity contribution is -0.465. The average molecular weight is 390 g/mol. The van der Waals surface area contributed by atoms with Crippen LogP contribution in [0, 0.1) is 29.6 Å². The third-order valence-corrected chi connectivity index (χ3v) is 5.63. The number of pyridine rings is 1. The Balaban J connectivity index is 2.09. The maximum atomic E-state index is 9.84. The molecule has 29 heavy (non-hydrogen) atoms. The van der Waals surface area contributed by atoms with Crippen LogP contribution in [0.4, 0.5) is 5.82 Å². The van der Waals surface area contributed by atoms with Gasteiger partial charge in [-0.25, -0.2) is 0 Å². The summed E-state index contributed by atoms with van der Waals surface area (Å²) >= 11 is 0. The number of aromatic amines is 1. The normalized spacial score (nSPS) is 11.1. The molecule has 0 aliphatic heterocycles. The molecule has 0 aliphatic carbocycles. The zero-order chi connectivity index (χ0) is 20.8. The number of anilines is 1. The number of nitrogens with zero attached hydrogens (tertiary/aromatic N) is 4. The van der Waals surface area contributed by atoms with Crippen molar-refractivity contribution < 1.29 is 4.40 Å². The molecule has 0 unspecified atom stereocenters. The molecule has 150 valence electrons. The molecule has 0 amide bonds. The predicted octanol–water partition coefficient (Wildman–Crippen LogP) is 3.69. The van der Waals surface area contributed by atoms with Gasteiger partial charge in [0.2, 0.25) is 11.5 Å². The minimum absolute atomic E-state index is 0.425.